The van der Waals surface area contributed by atoms with Gasteiger partial charge in [0.1, 0.15) is 0 Å². The second-order valence-corrected chi connectivity index (χ2v) is 4.78. The van der Waals surface area contributed by atoms with Crippen molar-refractivity contribution in [2.45, 2.75) is 45.6 Å². The molecular weight excluding hydrogens is 216 g/mol. The fourth-order valence-corrected chi connectivity index (χ4v) is 1.72. The molecule has 1 saturated carbocycles. The lowest BCUT2D eigenvalue weighted by molar-refractivity contribution is 0.422. The van der Waals surface area contributed by atoms with Gasteiger partial charge in [0.15, 0.2) is 0 Å². The van der Waals surface area contributed by atoms with E-state index in [9.17, 15) is 0 Å². The lowest BCUT2D eigenvalue weighted by Crippen LogP contribution is -2.19. The smallest absolute Gasteiger partial charge is 0.315 e. The maximum Gasteiger partial charge on any atom is 0.315 e. The van der Waals surface area contributed by atoms with Crippen LogP contribution in [0.5, 0.6) is 0 Å². The van der Waals surface area contributed by atoms with E-state index in [-0.39, 0.29) is 6.04 Å². The minimum Gasteiger partial charge on any atom is -0.406 e. The molecule has 1 atom stereocenters. The molecule has 0 amide bonds. The number of hydrogen-bond acceptors (Lipinski definition) is 5. The van der Waals surface area contributed by atoms with Crippen LogP contribution in [0.1, 0.15) is 51.5 Å². The van der Waals surface area contributed by atoms with Crippen molar-refractivity contribution >= 4 is 6.01 Å². The van der Waals surface area contributed by atoms with Crippen molar-refractivity contribution in [1.82, 2.24) is 15.5 Å². The molecule has 1 aliphatic rings. The van der Waals surface area contributed by atoms with Crippen molar-refractivity contribution in [3.63, 3.8) is 0 Å². The molecule has 17 heavy (non-hydrogen) atoms. The van der Waals surface area contributed by atoms with E-state index in [4.69, 9.17) is 4.42 Å². The molecule has 1 unspecified atom stereocenters. The van der Waals surface area contributed by atoms with Crippen molar-refractivity contribution < 1.29 is 4.42 Å². The van der Waals surface area contributed by atoms with Gasteiger partial charge in [0.25, 0.3) is 0 Å². The summed E-state index contributed by atoms with van der Waals surface area (Å²) in [5, 5.41) is 14.5. The third-order valence-corrected chi connectivity index (χ3v) is 3.04. The van der Waals surface area contributed by atoms with Crippen LogP contribution in [0.4, 0.5) is 6.01 Å². The number of aromatic nitrogens is 2. The Hall–Kier alpha value is -1.10. The highest BCUT2D eigenvalue weighted by molar-refractivity contribution is 5.17. The molecule has 5 nitrogen and oxygen atoms in total. The summed E-state index contributed by atoms with van der Waals surface area (Å²) in [4.78, 5) is 0. The lowest BCUT2D eigenvalue weighted by atomic mass is 10.3. The van der Waals surface area contributed by atoms with Gasteiger partial charge in [0, 0.05) is 6.54 Å². The molecule has 0 spiro atoms. The van der Waals surface area contributed by atoms with Crippen LogP contribution in [0.25, 0.3) is 0 Å². The van der Waals surface area contributed by atoms with Gasteiger partial charge in [0.2, 0.25) is 5.89 Å². The molecular formula is C12H22N4O. The van der Waals surface area contributed by atoms with Crippen LogP contribution in [-0.4, -0.2) is 23.3 Å². The minimum absolute atomic E-state index is 0.126. The normalized spacial score (nSPS) is 17.1. The van der Waals surface area contributed by atoms with Crippen molar-refractivity contribution in [1.29, 1.82) is 0 Å². The standard InChI is InChI=1S/C12H22N4O/c1-3-7-13-9(2)11-15-16-12(17-11)14-8-6-10-4-5-10/h9-10,13H,3-8H2,1-2H3,(H,14,16). The van der Waals surface area contributed by atoms with Gasteiger partial charge >= 0.3 is 6.01 Å². The molecule has 1 fully saturated rings. The third kappa shape index (κ3) is 4.00. The molecule has 96 valence electrons. The van der Waals surface area contributed by atoms with E-state index in [1.807, 2.05) is 6.92 Å². The van der Waals surface area contributed by atoms with Gasteiger partial charge in [0.05, 0.1) is 6.04 Å². The van der Waals surface area contributed by atoms with Crippen molar-refractivity contribution in [3.8, 4) is 0 Å². The minimum atomic E-state index is 0.126. The number of nitrogens with one attached hydrogen (secondary N) is 2. The molecule has 0 aliphatic heterocycles. The zero-order chi connectivity index (χ0) is 12.1. The van der Waals surface area contributed by atoms with Gasteiger partial charge in [-0.3, -0.25) is 0 Å². The van der Waals surface area contributed by atoms with Gasteiger partial charge in [-0.1, -0.05) is 24.9 Å². The zero-order valence-corrected chi connectivity index (χ0v) is 10.7. The molecule has 0 bridgehead atoms. The van der Waals surface area contributed by atoms with Crippen LogP contribution in [0, 0.1) is 5.92 Å². The van der Waals surface area contributed by atoms with E-state index in [1.165, 1.54) is 19.3 Å². The van der Waals surface area contributed by atoms with Crippen LogP contribution < -0.4 is 10.6 Å². The van der Waals surface area contributed by atoms with Crippen LogP contribution >= 0.6 is 0 Å². The molecule has 1 aromatic heterocycles. The van der Waals surface area contributed by atoms with E-state index >= 15 is 0 Å². The largest absolute Gasteiger partial charge is 0.406 e. The number of nitrogens with zero attached hydrogens (tertiary/aromatic N) is 2. The summed E-state index contributed by atoms with van der Waals surface area (Å²) in [6, 6.07) is 0.673. The van der Waals surface area contributed by atoms with E-state index in [0.717, 1.165) is 25.4 Å². The maximum atomic E-state index is 5.55. The highest BCUT2D eigenvalue weighted by atomic mass is 16.4. The fourth-order valence-electron chi connectivity index (χ4n) is 1.72. The first kappa shape index (κ1) is 12.4. The Morgan fingerprint density at radius 3 is 2.88 bits per heavy atom. The van der Waals surface area contributed by atoms with E-state index in [2.05, 4.69) is 27.8 Å². The maximum absolute atomic E-state index is 5.55. The average Bonchev–Trinajstić information content (AvgIpc) is 3.03. The number of hydrogen-bond donors (Lipinski definition) is 2. The first-order valence-electron chi connectivity index (χ1n) is 6.60. The average molecular weight is 238 g/mol. The predicted octanol–water partition coefficient (Wildman–Crippen LogP) is 2.34. The van der Waals surface area contributed by atoms with Crippen LogP contribution in [0.3, 0.4) is 0 Å². The molecule has 5 heteroatoms. The molecule has 1 heterocycles. The van der Waals surface area contributed by atoms with Gasteiger partial charge in [-0.2, -0.15) is 0 Å². The number of anilines is 1. The number of rotatable bonds is 8. The van der Waals surface area contributed by atoms with Gasteiger partial charge in [-0.15, -0.1) is 5.10 Å². The van der Waals surface area contributed by atoms with Gasteiger partial charge < -0.3 is 15.1 Å². The second kappa shape index (κ2) is 6.00. The first-order chi connectivity index (χ1) is 8.29. The highest BCUT2D eigenvalue weighted by Crippen LogP contribution is 2.32. The molecule has 1 aromatic rings. The molecule has 1 aliphatic carbocycles. The molecule has 2 rings (SSSR count). The van der Waals surface area contributed by atoms with Gasteiger partial charge in [-0.25, -0.2) is 0 Å². The summed E-state index contributed by atoms with van der Waals surface area (Å²) >= 11 is 0. The summed E-state index contributed by atoms with van der Waals surface area (Å²) in [5.41, 5.74) is 0. The Morgan fingerprint density at radius 1 is 1.35 bits per heavy atom. The second-order valence-electron chi connectivity index (χ2n) is 4.78. The summed E-state index contributed by atoms with van der Waals surface area (Å²) < 4.78 is 5.55. The Morgan fingerprint density at radius 2 is 2.18 bits per heavy atom. The zero-order valence-electron chi connectivity index (χ0n) is 10.7. The summed E-state index contributed by atoms with van der Waals surface area (Å²) in [6.45, 7) is 6.08. The van der Waals surface area contributed by atoms with Crippen LogP contribution in [0.15, 0.2) is 4.42 Å². The van der Waals surface area contributed by atoms with Crippen molar-refractivity contribution in [2.24, 2.45) is 5.92 Å². The first-order valence-corrected chi connectivity index (χ1v) is 6.60. The van der Waals surface area contributed by atoms with Crippen LogP contribution in [-0.2, 0) is 0 Å². The molecule has 0 radical (unpaired) electrons. The Balaban J connectivity index is 1.73. The Bertz CT molecular complexity index is 335. The molecule has 0 saturated heterocycles. The van der Waals surface area contributed by atoms with Crippen molar-refractivity contribution in [3.05, 3.63) is 5.89 Å². The Kier molecular flexibility index (Phi) is 4.36. The molecule has 0 aromatic carbocycles. The van der Waals surface area contributed by atoms with E-state index < -0.39 is 0 Å². The highest BCUT2D eigenvalue weighted by Gasteiger charge is 2.20. The lowest BCUT2D eigenvalue weighted by Gasteiger charge is -2.07. The third-order valence-electron chi connectivity index (χ3n) is 3.04. The summed E-state index contributed by atoms with van der Waals surface area (Å²) in [5.74, 6) is 1.59. The van der Waals surface area contributed by atoms with E-state index in [0.29, 0.717) is 11.9 Å². The summed E-state index contributed by atoms with van der Waals surface area (Å²) in [6.07, 6.45) is 5.08. The van der Waals surface area contributed by atoms with Gasteiger partial charge in [-0.05, 0) is 32.2 Å². The Labute approximate surface area is 102 Å². The quantitative estimate of drug-likeness (QED) is 0.728. The van der Waals surface area contributed by atoms with E-state index in [1.54, 1.807) is 0 Å². The monoisotopic (exact) mass is 238 g/mol. The SMILES string of the molecule is CCCNC(C)c1nnc(NCCC2CC2)o1. The molecule has 2 N–H and O–H groups in total. The summed E-state index contributed by atoms with van der Waals surface area (Å²) in [7, 11) is 0. The topological polar surface area (TPSA) is 63.0 Å². The predicted molar refractivity (Wildman–Crippen MR) is 66.8 cm³/mol. The van der Waals surface area contributed by atoms with Crippen LogP contribution in [0.2, 0.25) is 0 Å². The van der Waals surface area contributed by atoms with Crippen molar-refractivity contribution in [2.75, 3.05) is 18.4 Å². The fraction of sp³-hybridized carbons (Fsp3) is 0.833.